The van der Waals surface area contributed by atoms with Gasteiger partial charge in [-0.1, -0.05) is 30.1 Å². The summed E-state index contributed by atoms with van der Waals surface area (Å²) in [7, 11) is 0. The van der Waals surface area contributed by atoms with Gasteiger partial charge in [-0.3, -0.25) is 9.59 Å². The Hall–Kier alpha value is -1.46. The molecular formula is C15H19Cl2NO4. The van der Waals surface area contributed by atoms with Gasteiger partial charge in [0, 0.05) is 18.1 Å². The lowest BCUT2D eigenvalue weighted by Gasteiger charge is -2.25. The number of carboxylic acid groups (broad SMARTS) is 1. The number of carbonyl (C=O) groups is 2. The lowest BCUT2D eigenvalue weighted by Crippen LogP contribution is -2.42. The number of carboxylic acids is 1. The van der Waals surface area contributed by atoms with Crippen LogP contribution < -0.4 is 4.74 Å². The van der Waals surface area contributed by atoms with Crippen LogP contribution in [0.1, 0.15) is 26.7 Å². The molecule has 0 aliphatic carbocycles. The molecule has 1 amide bonds. The fourth-order valence-electron chi connectivity index (χ4n) is 1.90. The number of nitrogens with zero attached hydrogens (tertiary/aromatic N) is 1. The van der Waals surface area contributed by atoms with Gasteiger partial charge in [0.15, 0.2) is 6.10 Å². The van der Waals surface area contributed by atoms with Crippen LogP contribution >= 0.6 is 23.2 Å². The van der Waals surface area contributed by atoms with Crippen LogP contribution in [0.15, 0.2) is 18.2 Å². The number of amides is 1. The number of halogens is 2. The van der Waals surface area contributed by atoms with Crippen LogP contribution in [0.5, 0.6) is 5.75 Å². The molecule has 0 heterocycles. The second-order valence-corrected chi connectivity index (χ2v) is 5.65. The normalized spacial score (nSPS) is 11.8. The van der Waals surface area contributed by atoms with Gasteiger partial charge in [0.25, 0.3) is 5.91 Å². The molecule has 0 radical (unpaired) electrons. The fourth-order valence-corrected chi connectivity index (χ4v) is 2.35. The third kappa shape index (κ3) is 5.73. The van der Waals surface area contributed by atoms with E-state index in [9.17, 15) is 9.59 Å². The number of rotatable bonds is 8. The minimum absolute atomic E-state index is 0.0971. The van der Waals surface area contributed by atoms with Crippen molar-refractivity contribution in [1.82, 2.24) is 4.90 Å². The van der Waals surface area contributed by atoms with Gasteiger partial charge in [-0.05, 0) is 31.5 Å². The summed E-state index contributed by atoms with van der Waals surface area (Å²) < 4.78 is 5.57. The van der Waals surface area contributed by atoms with E-state index in [1.807, 2.05) is 6.92 Å². The highest BCUT2D eigenvalue weighted by Crippen LogP contribution is 2.28. The summed E-state index contributed by atoms with van der Waals surface area (Å²) in [5, 5.41) is 9.55. The van der Waals surface area contributed by atoms with Gasteiger partial charge in [0.05, 0.1) is 11.4 Å². The quantitative estimate of drug-likeness (QED) is 0.781. The maximum atomic E-state index is 12.4. The summed E-state index contributed by atoms with van der Waals surface area (Å²) in [5.41, 5.74) is 0. The molecule has 0 saturated heterocycles. The van der Waals surface area contributed by atoms with E-state index in [0.717, 1.165) is 6.42 Å². The predicted octanol–water partition coefficient (Wildman–Crippen LogP) is 3.47. The fraction of sp³-hybridized carbons (Fsp3) is 0.467. The lowest BCUT2D eigenvalue weighted by atomic mass is 10.2. The van der Waals surface area contributed by atoms with Gasteiger partial charge < -0.3 is 14.7 Å². The first-order valence-electron chi connectivity index (χ1n) is 6.97. The van der Waals surface area contributed by atoms with Gasteiger partial charge in [0.2, 0.25) is 0 Å². The van der Waals surface area contributed by atoms with Crippen molar-refractivity contribution < 1.29 is 19.4 Å². The summed E-state index contributed by atoms with van der Waals surface area (Å²) in [6, 6.07) is 4.74. The first-order valence-corrected chi connectivity index (χ1v) is 7.73. The van der Waals surface area contributed by atoms with E-state index in [2.05, 4.69) is 0 Å². The van der Waals surface area contributed by atoms with Crippen molar-refractivity contribution in [2.24, 2.45) is 0 Å². The zero-order valence-corrected chi connectivity index (χ0v) is 14.0. The highest BCUT2D eigenvalue weighted by Gasteiger charge is 2.22. The second-order valence-electron chi connectivity index (χ2n) is 4.80. The molecule has 0 aliphatic rings. The van der Waals surface area contributed by atoms with E-state index in [-0.39, 0.29) is 18.9 Å². The number of carbonyl (C=O) groups excluding carboxylic acids is 1. The largest absolute Gasteiger partial charge is 0.481 e. The highest BCUT2D eigenvalue weighted by molar-refractivity contribution is 6.35. The van der Waals surface area contributed by atoms with Crippen LogP contribution in [0.25, 0.3) is 0 Å². The Morgan fingerprint density at radius 1 is 1.32 bits per heavy atom. The van der Waals surface area contributed by atoms with E-state index < -0.39 is 12.1 Å². The molecule has 0 bridgehead atoms. The summed E-state index contributed by atoms with van der Waals surface area (Å²) >= 11 is 11.8. The SMILES string of the molecule is CCCN(CCC(=O)O)C(=O)C(C)Oc1ccc(Cl)cc1Cl. The summed E-state index contributed by atoms with van der Waals surface area (Å²) in [6.07, 6.45) is -0.126. The van der Waals surface area contributed by atoms with Crippen LogP contribution in [0, 0.1) is 0 Å². The van der Waals surface area contributed by atoms with Crippen LogP contribution in [-0.2, 0) is 9.59 Å². The van der Waals surface area contributed by atoms with E-state index in [4.69, 9.17) is 33.0 Å². The van der Waals surface area contributed by atoms with Crippen molar-refractivity contribution in [2.45, 2.75) is 32.8 Å². The van der Waals surface area contributed by atoms with Crippen LogP contribution in [0.4, 0.5) is 0 Å². The predicted molar refractivity (Wildman–Crippen MR) is 85.7 cm³/mol. The monoisotopic (exact) mass is 347 g/mol. The summed E-state index contributed by atoms with van der Waals surface area (Å²) in [5.74, 6) is -0.848. The number of ether oxygens (including phenoxy) is 1. The van der Waals surface area contributed by atoms with E-state index in [1.54, 1.807) is 19.1 Å². The van der Waals surface area contributed by atoms with E-state index in [1.165, 1.54) is 11.0 Å². The third-order valence-electron chi connectivity index (χ3n) is 2.95. The minimum atomic E-state index is -0.941. The molecule has 22 heavy (non-hydrogen) atoms. The molecule has 0 fully saturated rings. The molecule has 0 aliphatic heterocycles. The molecule has 1 N–H and O–H groups in total. The van der Waals surface area contributed by atoms with Crippen molar-refractivity contribution in [3.05, 3.63) is 28.2 Å². The molecule has 1 rings (SSSR count). The minimum Gasteiger partial charge on any atom is -0.481 e. The van der Waals surface area contributed by atoms with Crippen LogP contribution in [-0.4, -0.2) is 41.1 Å². The smallest absolute Gasteiger partial charge is 0.305 e. The van der Waals surface area contributed by atoms with E-state index >= 15 is 0 Å². The second kappa shape index (κ2) is 8.86. The Morgan fingerprint density at radius 2 is 2.00 bits per heavy atom. The molecule has 0 spiro atoms. The number of benzene rings is 1. The molecule has 1 atom stereocenters. The zero-order chi connectivity index (χ0) is 16.7. The van der Waals surface area contributed by atoms with E-state index in [0.29, 0.717) is 22.3 Å². The standard InChI is InChI=1S/C15H19Cl2NO4/c1-3-7-18(8-6-14(19)20)15(21)10(2)22-13-5-4-11(16)9-12(13)17/h4-5,9-10H,3,6-8H2,1-2H3,(H,19,20). The zero-order valence-electron chi connectivity index (χ0n) is 12.5. The topological polar surface area (TPSA) is 66.8 Å². The average Bonchev–Trinajstić information content (AvgIpc) is 2.45. The van der Waals surface area contributed by atoms with Crippen molar-refractivity contribution in [3.63, 3.8) is 0 Å². The Labute approximate surface area is 139 Å². The maximum Gasteiger partial charge on any atom is 0.305 e. The van der Waals surface area contributed by atoms with Crippen molar-refractivity contribution in [2.75, 3.05) is 13.1 Å². The highest BCUT2D eigenvalue weighted by atomic mass is 35.5. The molecule has 122 valence electrons. The third-order valence-corrected chi connectivity index (χ3v) is 3.48. The first-order chi connectivity index (χ1) is 10.3. The van der Waals surface area contributed by atoms with Crippen LogP contribution in [0.3, 0.4) is 0 Å². The number of aliphatic carboxylic acids is 1. The molecule has 5 nitrogen and oxygen atoms in total. The molecular weight excluding hydrogens is 329 g/mol. The van der Waals surface area contributed by atoms with Crippen LogP contribution in [0.2, 0.25) is 10.0 Å². The van der Waals surface area contributed by atoms with Gasteiger partial charge in [0.1, 0.15) is 5.75 Å². The Morgan fingerprint density at radius 3 is 2.55 bits per heavy atom. The Balaban J connectivity index is 2.73. The van der Waals surface area contributed by atoms with Gasteiger partial charge in [-0.25, -0.2) is 0 Å². The Bertz CT molecular complexity index is 536. The molecule has 1 aromatic rings. The Kier molecular flexibility index (Phi) is 7.48. The van der Waals surface area contributed by atoms with Crippen molar-refractivity contribution in [1.29, 1.82) is 0 Å². The maximum absolute atomic E-state index is 12.4. The van der Waals surface area contributed by atoms with Crippen molar-refractivity contribution in [3.8, 4) is 5.75 Å². The molecule has 1 aromatic carbocycles. The summed E-state index contributed by atoms with van der Waals surface area (Å²) in [6.45, 7) is 4.16. The molecule has 0 aromatic heterocycles. The van der Waals surface area contributed by atoms with Crippen molar-refractivity contribution >= 4 is 35.1 Å². The lowest BCUT2D eigenvalue weighted by molar-refractivity contribution is -0.141. The number of hydrogen-bond donors (Lipinski definition) is 1. The molecule has 0 saturated carbocycles. The van der Waals surface area contributed by atoms with Gasteiger partial charge >= 0.3 is 5.97 Å². The summed E-state index contributed by atoms with van der Waals surface area (Å²) in [4.78, 5) is 24.5. The number of hydrogen-bond acceptors (Lipinski definition) is 3. The van der Waals surface area contributed by atoms with Gasteiger partial charge in [-0.2, -0.15) is 0 Å². The van der Waals surface area contributed by atoms with Gasteiger partial charge in [-0.15, -0.1) is 0 Å². The average molecular weight is 348 g/mol. The molecule has 1 unspecified atom stereocenters. The first kappa shape index (κ1) is 18.6. The molecule has 7 heteroatoms.